The maximum absolute atomic E-state index is 5.84. The van der Waals surface area contributed by atoms with Crippen molar-refractivity contribution in [3.63, 3.8) is 0 Å². The number of methoxy groups -OCH3 is 1. The van der Waals surface area contributed by atoms with Gasteiger partial charge >= 0.3 is 0 Å². The number of hydrogen-bond donors (Lipinski definition) is 1. The van der Waals surface area contributed by atoms with Gasteiger partial charge in [0, 0.05) is 31.9 Å². The Balaban J connectivity index is 2.45. The fraction of sp³-hybridized carbons (Fsp3) is 0.533. The minimum absolute atomic E-state index is 0.384. The lowest BCUT2D eigenvalue weighted by molar-refractivity contribution is 0.181. The predicted octanol–water partition coefficient (Wildman–Crippen LogP) is 3.17. The van der Waals surface area contributed by atoms with E-state index in [1.807, 2.05) is 12.1 Å². The first kappa shape index (κ1) is 13.9. The number of anilines is 1. The molecule has 0 saturated carbocycles. The lowest BCUT2D eigenvalue weighted by Gasteiger charge is -2.17. The third-order valence-corrected chi connectivity index (χ3v) is 3.44. The normalized spacial score (nSPS) is 13.0. The molecule has 0 spiro atoms. The van der Waals surface area contributed by atoms with Crippen molar-refractivity contribution in [3.05, 3.63) is 24.0 Å². The number of ether oxygens (including phenoxy) is 1. The van der Waals surface area contributed by atoms with Gasteiger partial charge in [0.15, 0.2) is 0 Å². The average Bonchev–Trinajstić information content (AvgIpc) is 2.73. The quantitative estimate of drug-likeness (QED) is 0.813. The van der Waals surface area contributed by atoms with Crippen molar-refractivity contribution >= 4 is 16.7 Å². The van der Waals surface area contributed by atoms with Crippen LogP contribution in [0.3, 0.4) is 0 Å². The summed E-state index contributed by atoms with van der Waals surface area (Å²) in [6, 6.07) is 6.35. The first-order valence-corrected chi connectivity index (χ1v) is 6.92. The maximum atomic E-state index is 5.84. The summed E-state index contributed by atoms with van der Waals surface area (Å²) in [6.07, 6.45) is 3.07. The monoisotopic (exact) mass is 261 g/mol. The van der Waals surface area contributed by atoms with Gasteiger partial charge < -0.3 is 15.0 Å². The van der Waals surface area contributed by atoms with Crippen molar-refractivity contribution in [3.8, 4) is 0 Å². The fourth-order valence-corrected chi connectivity index (χ4v) is 2.47. The Bertz CT molecular complexity index is 548. The van der Waals surface area contributed by atoms with Gasteiger partial charge in [-0.15, -0.1) is 0 Å². The number of fused-ring (bicyclic) bond motifs is 1. The second-order valence-electron chi connectivity index (χ2n) is 5.03. The Labute approximate surface area is 114 Å². The van der Waals surface area contributed by atoms with E-state index in [0.717, 1.165) is 42.9 Å². The highest BCUT2D eigenvalue weighted by Crippen LogP contribution is 2.25. The van der Waals surface area contributed by atoms with E-state index >= 15 is 0 Å². The molecule has 0 aliphatic carbocycles. The van der Waals surface area contributed by atoms with Crippen LogP contribution in [0.25, 0.3) is 11.0 Å². The van der Waals surface area contributed by atoms with E-state index in [4.69, 9.17) is 15.5 Å². The minimum Gasteiger partial charge on any atom is -0.399 e. The first-order chi connectivity index (χ1) is 9.17. The van der Waals surface area contributed by atoms with Crippen molar-refractivity contribution in [2.75, 3.05) is 19.5 Å². The highest BCUT2D eigenvalue weighted by atomic mass is 16.5. The van der Waals surface area contributed by atoms with Gasteiger partial charge in [0.05, 0.1) is 11.0 Å². The summed E-state index contributed by atoms with van der Waals surface area (Å²) in [5.74, 6) is 1.15. The minimum atomic E-state index is 0.384. The zero-order valence-corrected chi connectivity index (χ0v) is 12.0. The van der Waals surface area contributed by atoms with Crippen LogP contribution in [0.5, 0.6) is 0 Å². The number of nitrogens with zero attached hydrogens (tertiary/aromatic N) is 2. The van der Waals surface area contributed by atoms with Gasteiger partial charge in [0.2, 0.25) is 0 Å². The van der Waals surface area contributed by atoms with Crippen LogP contribution in [0.2, 0.25) is 0 Å². The number of nitrogen functional groups attached to an aromatic ring is 1. The molecular formula is C15H23N3O. The number of hydrogen-bond acceptors (Lipinski definition) is 3. The van der Waals surface area contributed by atoms with E-state index in [1.165, 1.54) is 5.52 Å². The van der Waals surface area contributed by atoms with Gasteiger partial charge in [-0.1, -0.05) is 6.92 Å². The highest BCUT2D eigenvalue weighted by molar-refractivity contribution is 5.79. The molecule has 19 heavy (non-hydrogen) atoms. The van der Waals surface area contributed by atoms with Crippen LogP contribution in [0.15, 0.2) is 18.2 Å². The van der Waals surface area contributed by atoms with Crippen LogP contribution in [-0.4, -0.2) is 23.3 Å². The van der Waals surface area contributed by atoms with Crippen LogP contribution in [-0.2, 0) is 11.2 Å². The third-order valence-electron chi connectivity index (χ3n) is 3.44. The molecule has 1 heterocycles. The molecule has 1 unspecified atom stereocenters. The Hall–Kier alpha value is -1.55. The molecule has 0 saturated heterocycles. The van der Waals surface area contributed by atoms with E-state index in [9.17, 15) is 0 Å². The molecule has 4 heteroatoms. The summed E-state index contributed by atoms with van der Waals surface area (Å²) in [4.78, 5) is 4.73. The van der Waals surface area contributed by atoms with E-state index in [1.54, 1.807) is 7.11 Å². The van der Waals surface area contributed by atoms with Gasteiger partial charge in [-0.2, -0.15) is 0 Å². The molecule has 0 bridgehead atoms. The standard InChI is InChI=1S/C15H23N3O/c1-4-5-15-17-13-10-12(16)6-7-14(13)18(15)11(2)8-9-19-3/h6-7,10-11H,4-5,8-9,16H2,1-3H3. The molecule has 0 radical (unpaired) electrons. The number of nitrogens with two attached hydrogens (primary N) is 1. The van der Waals surface area contributed by atoms with Crippen molar-refractivity contribution in [1.82, 2.24) is 9.55 Å². The number of benzene rings is 1. The molecule has 0 amide bonds. The SMILES string of the molecule is CCCc1nc2cc(N)ccc2n1C(C)CCOC. The summed E-state index contributed by atoms with van der Waals surface area (Å²) >= 11 is 0. The molecule has 1 aromatic carbocycles. The first-order valence-electron chi connectivity index (χ1n) is 6.92. The van der Waals surface area contributed by atoms with Crippen LogP contribution >= 0.6 is 0 Å². The zero-order valence-electron chi connectivity index (χ0n) is 12.0. The number of rotatable bonds is 6. The Kier molecular flexibility index (Phi) is 4.43. The van der Waals surface area contributed by atoms with Gasteiger partial charge in [-0.25, -0.2) is 4.98 Å². The van der Waals surface area contributed by atoms with Gasteiger partial charge in [0.25, 0.3) is 0 Å². The van der Waals surface area contributed by atoms with Gasteiger partial charge in [0.1, 0.15) is 5.82 Å². The van der Waals surface area contributed by atoms with Crippen molar-refractivity contribution < 1.29 is 4.74 Å². The van der Waals surface area contributed by atoms with Gasteiger partial charge in [-0.05, 0) is 38.0 Å². The molecule has 0 fully saturated rings. The Morgan fingerprint density at radius 3 is 2.89 bits per heavy atom. The van der Waals surface area contributed by atoms with Crippen LogP contribution in [0, 0.1) is 0 Å². The number of imidazole rings is 1. The molecule has 1 atom stereocenters. The van der Waals surface area contributed by atoms with Crippen molar-refractivity contribution in [1.29, 1.82) is 0 Å². The van der Waals surface area contributed by atoms with E-state index in [0.29, 0.717) is 6.04 Å². The van der Waals surface area contributed by atoms with Crippen molar-refractivity contribution in [2.45, 2.75) is 39.2 Å². The Morgan fingerprint density at radius 2 is 2.21 bits per heavy atom. The Morgan fingerprint density at radius 1 is 1.42 bits per heavy atom. The van der Waals surface area contributed by atoms with Crippen LogP contribution < -0.4 is 5.73 Å². The van der Waals surface area contributed by atoms with Gasteiger partial charge in [-0.3, -0.25) is 0 Å². The van der Waals surface area contributed by atoms with E-state index < -0.39 is 0 Å². The fourth-order valence-electron chi connectivity index (χ4n) is 2.47. The largest absolute Gasteiger partial charge is 0.399 e. The molecule has 0 aliphatic rings. The zero-order chi connectivity index (χ0) is 13.8. The lowest BCUT2D eigenvalue weighted by Crippen LogP contribution is -2.11. The average molecular weight is 261 g/mol. The molecular weight excluding hydrogens is 238 g/mol. The second-order valence-corrected chi connectivity index (χ2v) is 5.03. The van der Waals surface area contributed by atoms with Crippen molar-refractivity contribution in [2.24, 2.45) is 0 Å². The smallest absolute Gasteiger partial charge is 0.110 e. The molecule has 1 aromatic heterocycles. The summed E-state index contributed by atoms with van der Waals surface area (Å²) in [7, 11) is 1.74. The van der Waals surface area contributed by atoms with Crippen LogP contribution in [0.4, 0.5) is 5.69 Å². The van der Waals surface area contributed by atoms with E-state index in [2.05, 4.69) is 24.5 Å². The third kappa shape index (κ3) is 2.89. The van der Waals surface area contributed by atoms with Crippen LogP contribution in [0.1, 0.15) is 38.6 Å². The molecule has 0 aliphatic heterocycles. The molecule has 104 valence electrons. The molecule has 2 aromatic rings. The summed E-state index contributed by atoms with van der Waals surface area (Å²) in [5, 5.41) is 0. The summed E-state index contributed by atoms with van der Waals surface area (Å²) in [6.45, 7) is 5.16. The molecule has 2 N–H and O–H groups in total. The molecule has 2 rings (SSSR count). The number of aromatic nitrogens is 2. The van der Waals surface area contributed by atoms with E-state index in [-0.39, 0.29) is 0 Å². The predicted molar refractivity (Wildman–Crippen MR) is 79.3 cm³/mol. The summed E-state index contributed by atoms with van der Waals surface area (Å²) < 4.78 is 7.52. The topological polar surface area (TPSA) is 53.1 Å². The lowest BCUT2D eigenvalue weighted by atomic mass is 10.2. The highest BCUT2D eigenvalue weighted by Gasteiger charge is 2.15. The summed E-state index contributed by atoms with van der Waals surface area (Å²) in [5.41, 5.74) is 8.77. The number of aryl methyl sites for hydroxylation is 1. The maximum Gasteiger partial charge on any atom is 0.110 e. The second kappa shape index (κ2) is 6.06. The molecule has 4 nitrogen and oxygen atoms in total.